The van der Waals surface area contributed by atoms with E-state index in [1.54, 1.807) is 0 Å². The van der Waals surface area contributed by atoms with E-state index in [2.05, 4.69) is 15.3 Å². The average Bonchev–Trinajstić information content (AvgIpc) is 2.81. The van der Waals surface area contributed by atoms with Gasteiger partial charge in [0.1, 0.15) is 5.82 Å². The van der Waals surface area contributed by atoms with Gasteiger partial charge in [-0.15, -0.1) is 0 Å². The Morgan fingerprint density at radius 1 is 1.11 bits per heavy atom. The highest BCUT2D eigenvalue weighted by Crippen LogP contribution is 2.34. The number of aryl methyl sites for hydroxylation is 1. The minimum atomic E-state index is -4.84. The molecule has 9 nitrogen and oxygen atoms in total. The first-order valence-corrected chi connectivity index (χ1v) is 11.9. The van der Waals surface area contributed by atoms with Crippen molar-refractivity contribution in [1.82, 2.24) is 19.4 Å². The van der Waals surface area contributed by atoms with Crippen molar-refractivity contribution in [2.75, 3.05) is 49.7 Å². The number of fused-ring (bicyclic) bond motifs is 1. The first-order valence-electron chi connectivity index (χ1n) is 11.9. The fourth-order valence-corrected chi connectivity index (χ4v) is 4.75. The fraction of sp³-hybridized carbons (Fsp3) is 0.458. The van der Waals surface area contributed by atoms with E-state index in [1.807, 2.05) is 5.01 Å². The van der Waals surface area contributed by atoms with Crippen LogP contribution in [0.2, 0.25) is 0 Å². The van der Waals surface area contributed by atoms with Gasteiger partial charge in [0.15, 0.2) is 5.82 Å². The first kappa shape index (κ1) is 25.2. The Balaban J connectivity index is 1.49. The second-order valence-electron chi connectivity index (χ2n) is 9.31. The number of ether oxygens (including phenoxy) is 1. The number of pyridine rings is 1. The number of benzene rings is 1. The monoisotopic (exact) mass is 522 g/mol. The molecular weight excluding hydrogens is 496 g/mol. The van der Waals surface area contributed by atoms with E-state index in [4.69, 9.17) is 4.74 Å². The molecule has 2 aliphatic rings. The summed E-state index contributed by atoms with van der Waals surface area (Å²) < 4.78 is 62.1. The maximum Gasteiger partial charge on any atom is 0.419 e. The van der Waals surface area contributed by atoms with E-state index in [0.717, 1.165) is 23.8 Å². The van der Waals surface area contributed by atoms with Gasteiger partial charge in [-0.2, -0.15) is 18.3 Å². The second-order valence-corrected chi connectivity index (χ2v) is 9.31. The molecule has 0 amide bonds. The lowest BCUT2D eigenvalue weighted by atomic mass is 10.0. The van der Waals surface area contributed by atoms with Crippen LogP contribution in [0.4, 0.5) is 23.4 Å². The molecule has 2 aromatic heterocycles. The lowest BCUT2D eigenvalue weighted by molar-refractivity contribution is -0.140. The molecule has 198 valence electrons. The largest absolute Gasteiger partial charge is 0.419 e. The summed E-state index contributed by atoms with van der Waals surface area (Å²) in [5.74, 6) is -1.24. The number of nitrogens with one attached hydrogen (secondary N) is 1. The highest BCUT2D eigenvalue weighted by molar-refractivity contribution is 5.90. The van der Waals surface area contributed by atoms with Gasteiger partial charge in [0.25, 0.3) is 11.1 Å². The van der Waals surface area contributed by atoms with Crippen LogP contribution in [0.25, 0.3) is 10.8 Å². The molecule has 13 heteroatoms. The molecule has 0 aliphatic carbocycles. The molecule has 4 heterocycles. The Bertz CT molecular complexity index is 1440. The fourth-order valence-electron chi connectivity index (χ4n) is 4.75. The molecular formula is C24H26F4N6O3. The van der Waals surface area contributed by atoms with Gasteiger partial charge >= 0.3 is 6.18 Å². The van der Waals surface area contributed by atoms with Crippen molar-refractivity contribution >= 4 is 16.6 Å². The van der Waals surface area contributed by atoms with Crippen molar-refractivity contribution < 1.29 is 22.3 Å². The number of hydrogen-bond donors (Lipinski definition) is 1. The van der Waals surface area contributed by atoms with Gasteiger partial charge in [0.2, 0.25) is 0 Å². The third kappa shape index (κ3) is 4.68. The standard InChI is InChI=1S/C24H26F4N6O3/c1-14(16-4-3-5-19(21(16)25)24(26,27)28)29-22-18-11-34(20(35)10-17(18)23(36)31(2)30-22)33-8-6-32(7-9-33)15-12-37-13-15/h3-5,10-11,14-15H,6-9,12-13H2,1-2H3,(H,29,30)/t14-/m1/s1. The third-order valence-corrected chi connectivity index (χ3v) is 6.95. The molecule has 3 aromatic rings. The zero-order valence-electron chi connectivity index (χ0n) is 20.3. The smallest absolute Gasteiger partial charge is 0.378 e. The van der Waals surface area contributed by atoms with Gasteiger partial charge in [0.05, 0.1) is 41.6 Å². The second kappa shape index (κ2) is 9.45. The van der Waals surface area contributed by atoms with Crippen LogP contribution >= 0.6 is 0 Å². The van der Waals surface area contributed by atoms with Crippen LogP contribution in [0.1, 0.15) is 24.1 Å². The Hall–Kier alpha value is -3.45. The first-order chi connectivity index (χ1) is 17.5. The van der Waals surface area contributed by atoms with E-state index in [1.165, 1.54) is 37.0 Å². The quantitative estimate of drug-likeness (QED) is 0.514. The molecule has 2 fully saturated rings. The van der Waals surface area contributed by atoms with Crippen molar-refractivity contribution in [3.8, 4) is 0 Å². The minimum Gasteiger partial charge on any atom is -0.378 e. The van der Waals surface area contributed by atoms with Crippen LogP contribution in [0.3, 0.4) is 0 Å². The highest BCUT2D eigenvalue weighted by Gasteiger charge is 2.35. The van der Waals surface area contributed by atoms with Gasteiger partial charge in [-0.1, -0.05) is 12.1 Å². The van der Waals surface area contributed by atoms with Crippen molar-refractivity contribution in [3.63, 3.8) is 0 Å². The number of piperazine rings is 1. The molecule has 2 aliphatic heterocycles. The lowest BCUT2D eigenvalue weighted by Gasteiger charge is -2.43. The van der Waals surface area contributed by atoms with Crippen LogP contribution < -0.4 is 21.4 Å². The Morgan fingerprint density at radius 3 is 2.43 bits per heavy atom. The SMILES string of the molecule is C[C@@H](Nc1nn(C)c(=O)c2cc(=O)n(N3CCN(C4COC4)CC3)cc12)c1cccc(C(F)(F)F)c1F. The molecule has 0 unspecified atom stereocenters. The average molecular weight is 523 g/mol. The summed E-state index contributed by atoms with van der Waals surface area (Å²) in [6.07, 6.45) is -3.33. The Kier molecular flexibility index (Phi) is 6.44. The van der Waals surface area contributed by atoms with Crippen LogP contribution in [0.5, 0.6) is 0 Å². The molecule has 0 spiro atoms. The zero-order valence-corrected chi connectivity index (χ0v) is 20.3. The number of hydrogen-bond acceptors (Lipinski definition) is 7. The van der Waals surface area contributed by atoms with E-state index in [0.29, 0.717) is 43.8 Å². The lowest BCUT2D eigenvalue weighted by Crippen LogP contribution is -2.59. The summed E-state index contributed by atoms with van der Waals surface area (Å²) in [5, 5.41) is 9.44. The highest BCUT2D eigenvalue weighted by atomic mass is 19.4. The van der Waals surface area contributed by atoms with E-state index in [-0.39, 0.29) is 22.3 Å². The van der Waals surface area contributed by atoms with Crippen molar-refractivity contribution in [1.29, 1.82) is 0 Å². The summed E-state index contributed by atoms with van der Waals surface area (Å²) in [5.41, 5.74) is -2.46. The Labute approximate surface area is 208 Å². The van der Waals surface area contributed by atoms with Gasteiger partial charge < -0.3 is 15.1 Å². The number of aromatic nitrogens is 3. The number of anilines is 1. The molecule has 2 saturated heterocycles. The minimum absolute atomic E-state index is 0.100. The number of rotatable bonds is 5. The summed E-state index contributed by atoms with van der Waals surface area (Å²) in [6, 6.07) is 3.77. The van der Waals surface area contributed by atoms with Crippen LogP contribution in [0, 0.1) is 5.82 Å². The van der Waals surface area contributed by atoms with Crippen molar-refractivity contribution in [2.45, 2.75) is 25.2 Å². The van der Waals surface area contributed by atoms with Gasteiger partial charge in [-0.3, -0.25) is 14.5 Å². The van der Waals surface area contributed by atoms with E-state index >= 15 is 0 Å². The van der Waals surface area contributed by atoms with E-state index < -0.39 is 29.2 Å². The van der Waals surface area contributed by atoms with Crippen molar-refractivity contribution in [2.24, 2.45) is 7.05 Å². The third-order valence-electron chi connectivity index (χ3n) is 6.95. The summed E-state index contributed by atoms with van der Waals surface area (Å²) in [4.78, 5) is 28.0. The molecule has 1 atom stereocenters. The number of nitrogens with zero attached hydrogens (tertiary/aromatic N) is 5. The summed E-state index contributed by atoms with van der Waals surface area (Å²) in [6.45, 7) is 5.53. The van der Waals surface area contributed by atoms with Gasteiger partial charge in [-0.25, -0.2) is 13.7 Å². The molecule has 1 aromatic carbocycles. The Morgan fingerprint density at radius 2 is 1.81 bits per heavy atom. The normalized spacial score (nSPS) is 18.2. The van der Waals surface area contributed by atoms with Gasteiger partial charge in [-0.05, 0) is 13.0 Å². The van der Waals surface area contributed by atoms with Gasteiger partial charge in [0, 0.05) is 51.1 Å². The molecule has 37 heavy (non-hydrogen) atoms. The predicted octanol–water partition coefficient (Wildman–Crippen LogP) is 2.08. The predicted molar refractivity (Wildman–Crippen MR) is 129 cm³/mol. The summed E-state index contributed by atoms with van der Waals surface area (Å²) >= 11 is 0. The molecule has 5 rings (SSSR count). The maximum atomic E-state index is 14.8. The maximum absolute atomic E-state index is 14.8. The van der Waals surface area contributed by atoms with Crippen molar-refractivity contribution in [3.05, 3.63) is 68.1 Å². The number of halogens is 4. The van der Waals surface area contributed by atoms with E-state index in [9.17, 15) is 27.2 Å². The molecule has 1 N–H and O–H groups in total. The zero-order chi connectivity index (χ0) is 26.5. The molecule has 0 bridgehead atoms. The number of alkyl halides is 3. The molecule has 0 radical (unpaired) electrons. The van der Waals surface area contributed by atoms with Crippen LogP contribution in [0.15, 0.2) is 40.1 Å². The van der Waals surface area contributed by atoms with Crippen LogP contribution in [-0.2, 0) is 18.0 Å². The van der Waals surface area contributed by atoms with Crippen LogP contribution in [-0.4, -0.2) is 64.8 Å². The topological polar surface area (TPSA) is 84.6 Å². The summed E-state index contributed by atoms with van der Waals surface area (Å²) in [7, 11) is 1.40. The molecule has 0 saturated carbocycles.